The minimum absolute atomic E-state index is 0. The molecule has 0 aromatic heterocycles. The molecule has 0 atom stereocenters. The van der Waals surface area contributed by atoms with Crippen molar-refractivity contribution in [2.75, 3.05) is 0 Å². The summed E-state index contributed by atoms with van der Waals surface area (Å²) in [6, 6.07) is 0. The van der Waals surface area contributed by atoms with Gasteiger partial charge in [0.1, 0.15) is 0 Å². The Balaban J connectivity index is -0.00000000750. The van der Waals surface area contributed by atoms with E-state index >= 15 is 0 Å². The Morgan fingerprint density at radius 2 is 1.00 bits per heavy atom. The second-order valence-corrected chi connectivity index (χ2v) is 1.03. The van der Waals surface area contributed by atoms with Gasteiger partial charge in [-0.25, -0.2) is 0 Å². The summed E-state index contributed by atoms with van der Waals surface area (Å²) in [7, 11) is 0. The van der Waals surface area contributed by atoms with E-state index in [4.69, 9.17) is 10.7 Å². The molecular weight excluding hydrogens is 560 g/mol. The molecule has 0 N–H and O–H groups in total. The van der Waals surface area contributed by atoms with Gasteiger partial charge in [0.15, 0.2) is 0 Å². The Morgan fingerprint density at radius 3 is 1.00 bits per heavy atom. The fourth-order valence-electron chi connectivity index (χ4n) is 0. The molecule has 0 saturated heterocycles. The quantitative estimate of drug-likeness (QED) is 0.277. The summed E-state index contributed by atoms with van der Waals surface area (Å²) in [5, 5.41) is 0. The van der Waals surface area contributed by atoms with Crippen LogP contribution in [0.15, 0.2) is 0 Å². The van der Waals surface area contributed by atoms with Gasteiger partial charge in [0, 0.05) is 52.4 Å². The Labute approximate surface area is 137 Å². The van der Waals surface area contributed by atoms with Gasteiger partial charge >= 0.3 is 88.4 Å². The van der Waals surface area contributed by atoms with Crippen molar-refractivity contribution >= 4 is 52.4 Å². The minimum atomic E-state index is -4.08. The normalized spacial score (nSPS) is 3.25. The molecule has 8 heavy (non-hydrogen) atoms. The molecule has 0 saturated carbocycles. The van der Waals surface area contributed by atoms with Crippen LogP contribution in [-0.4, -0.2) is 52.4 Å². The van der Waals surface area contributed by atoms with Crippen LogP contribution >= 0.6 is 0 Å². The molecule has 0 heterocycles. The summed E-state index contributed by atoms with van der Waals surface area (Å²) < 4.78 is 25.8. The topological polar surface area (TPSA) is 63.2 Å². The van der Waals surface area contributed by atoms with Crippen LogP contribution in [0.4, 0.5) is 0 Å². The predicted octanol–water partition coefficient (Wildman–Crippen LogP) is -9.25. The van der Waals surface area contributed by atoms with E-state index in [1.165, 1.54) is 0 Å². The molecule has 0 fully saturated rings. The van der Waals surface area contributed by atoms with Gasteiger partial charge in [-0.2, -0.15) is 0 Å². The van der Waals surface area contributed by atoms with Gasteiger partial charge in [-0.1, -0.05) is 0 Å². The average molecular weight is 560 g/mol. The Kier molecular flexibility index (Phi) is 82.9. The number of hydrogen-bond donors (Lipinski definition) is 0. The van der Waals surface area contributed by atoms with Crippen LogP contribution in [0.1, 0.15) is 0 Å². The molecule has 0 bridgehead atoms. The molecule has 0 rings (SSSR count). The van der Waals surface area contributed by atoms with Crippen molar-refractivity contribution in [3.63, 3.8) is 0 Å². The molecule has 0 aromatic carbocycles. The zero-order valence-electron chi connectivity index (χ0n) is 4.62. The third-order valence-electron chi connectivity index (χ3n) is 0. The van der Waals surface area contributed by atoms with E-state index in [0.29, 0.717) is 0 Å². The van der Waals surface area contributed by atoms with Crippen molar-refractivity contribution in [2.24, 2.45) is 0 Å². The van der Waals surface area contributed by atoms with Crippen molar-refractivity contribution in [3.05, 3.63) is 0 Å². The van der Waals surface area contributed by atoms with Crippen molar-refractivity contribution < 1.29 is 88.4 Å². The molecule has 0 aliphatic rings. The average Bonchev–Trinajstić information content (AvgIpc) is 0.811. The van der Waals surface area contributed by atoms with Gasteiger partial charge in [-0.3, -0.25) is 0 Å². The maximum atomic E-state index is 8.58. The molecule has 6 radical (unpaired) electrons. The summed E-state index contributed by atoms with van der Waals surface area (Å²) >= 11 is -4.08. The predicted molar refractivity (Wildman–Crippen MR) is 12.2 cm³/mol. The Bertz CT molecular complexity index is 38.3. The van der Waals surface area contributed by atoms with Gasteiger partial charge in [-0.15, -0.1) is 0 Å². The maximum absolute atomic E-state index is 8.58. The van der Waals surface area contributed by atoms with Gasteiger partial charge < -0.3 is 0 Å². The molecule has 0 unspecified atom stereocenters. The Hall–Kier alpha value is 4.20. The first-order valence-electron chi connectivity index (χ1n) is 0.612. The number of hydrogen-bond acceptors (Lipinski definition) is 3. The van der Waals surface area contributed by atoms with Crippen molar-refractivity contribution in [3.8, 4) is 0 Å². The molecule has 34 valence electrons. The van der Waals surface area contributed by atoms with Crippen LogP contribution < -0.4 is 66.5 Å². The molecule has 0 aliphatic carbocycles. The monoisotopic (exact) mass is 560 g/mol. The summed E-state index contributed by atoms with van der Waals surface area (Å²) in [6.45, 7) is 0. The molecule has 8 heteroatoms. The van der Waals surface area contributed by atoms with Crippen molar-refractivity contribution in [2.45, 2.75) is 0 Å². The van der Waals surface area contributed by atoms with E-state index in [1.807, 2.05) is 0 Å². The van der Waals surface area contributed by atoms with Crippen LogP contribution in [0.2, 0.25) is 0 Å². The molecule has 0 amide bonds. The van der Waals surface area contributed by atoms with Crippen LogP contribution in [0, 0.1) is 0 Å². The van der Waals surface area contributed by atoms with E-state index < -0.39 is 18.6 Å². The second-order valence-electron chi connectivity index (χ2n) is 0.250. The first-order chi connectivity index (χ1) is 1.73. The van der Waals surface area contributed by atoms with Crippen molar-refractivity contribution in [1.82, 2.24) is 0 Å². The van der Waals surface area contributed by atoms with Crippen LogP contribution in [-0.2, 0) is 21.9 Å². The second kappa shape index (κ2) is 22.5. The fraction of sp³-hybridized carbons (Fsp3) is 0. The van der Waals surface area contributed by atoms with E-state index in [0.717, 1.165) is 0 Å². The van der Waals surface area contributed by atoms with Gasteiger partial charge in [-0.05, 0) is 0 Å². The van der Waals surface area contributed by atoms with E-state index in [1.54, 1.807) is 0 Å². The van der Waals surface area contributed by atoms with Gasteiger partial charge in [0.2, 0.25) is 0 Å². The van der Waals surface area contributed by atoms with Gasteiger partial charge in [0.05, 0.1) is 0 Å². The zero-order valence-corrected chi connectivity index (χ0v) is 17.1. The molecule has 0 aromatic rings. The van der Waals surface area contributed by atoms with E-state index in [9.17, 15) is 0 Å². The summed E-state index contributed by atoms with van der Waals surface area (Å²) in [6.07, 6.45) is 0. The molecule has 0 aliphatic heterocycles. The van der Waals surface area contributed by atoms with Crippen molar-refractivity contribution in [1.29, 1.82) is 0 Å². The molecule has 3 nitrogen and oxygen atoms in total. The van der Waals surface area contributed by atoms with Crippen LogP contribution in [0.5, 0.6) is 0 Å². The Morgan fingerprint density at radius 1 is 1.00 bits per heavy atom. The standard InChI is InChI=1S/2Bi.2Na.3O.Ti/q;;2*+1;;2*-1;. The van der Waals surface area contributed by atoms with E-state index in [2.05, 4.69) is 0 Å². The first-order valence-corrected chi connectivity index (χ1v) is 2.52. The SMILES string of the molecule is [Bi].[Bi].[Na+].[Na+].[O]=[Ti]([O-])[O-]. The third-order valence-corrected chi connectivity index (χ3v) is 0. The van der Waals surface area contributed by atoms with E-state index in [-0.39, 0.29) is 112 Å². The zero-order chi connectivity index (χ0) is 3.58. The summed E-state index contributed by atoms with van der Waals surface area (Å²) in [5.41, 5.74) is 0. The first kappa shape index (κ1) is 29.5. The summed E-state index contributed by atoms with van der Waals surface area (Å²) in [5.74, 6) is 0. The van der Waals surface area contributed by atoms with Crippen LogP contribution in [0.25, 0.3) is 0 Å². The number of rotatable bonds is 0. The van der Waals surface area contributed by atoms with Crippen LogP contribution in [0.3, 0.4) is 0 Å². The third kappa shape index (κ3) is 48.9. The van der Waals surface area contributed by atoms with Gasteiger partial charge in [0.25, 0.3) is 0 Å². The molecular formula is Bi2Na2O3Ti. The molecule has 0 spiro atoms. The fourth-order valence-corrected chi connectivity index (χ4v) is 0. The summed E-state index contributed by atoms with van der Waals surface area (Å²) in [4.78, 5) is 0.